The SMILES string of the molecule is Cc1cccc(-c2[nH]c(=S)[nH]c2C(=O)O)c1. The topological polar surface area (TPSA) is 68.9 Å². The number of carboxylic acids is 1. The van der Waals surface area contributed by atoms with E-state index in [0.717, 1.165) is 11.1 Å². The zero-order valence-electron chi connectivity index (χ0n) is 8.57. The van der Waals surface area contributed by atoms with E-state index in [9.17, 15) is 4.79 Å². The number of rotatable bonds is 2. The average molecular weight is 234 g/mol. The van der Waals surface area contributed by atoms with E-state index >= 15 is 0 Å². The Kier molecular flexibility index (Phi) is 2.62. The summed E-state index contributed by atoms with van der Waals surface area (Å²) >= 11 is 4.90. The molecule has 2 aromatic rings. The molecule has 1 heterocycles. The number of nitrogens with one attached hydrogen (secondary N) is 2. The molecule has 4 nitrogen and oxygen atoms in total. The first-order chi connectivity index (χ1) is 7.58. The number of imidazole rings is 1. The molecule has 0 fully saturated rings. The van der Waals surface area contributed by atoms with Crippen molar-refractivity contribution in [3.63, 3.8) is 0 Å². The second kappa shape index (κ2) is 3.94. The molecule has 3 N–H and O–H groups in total. The molecule has 0 spiro atoms. The maximum atomic E-state index is 11.0. The van der Waals surface area contributed by atoms with Crippen LogP contribution in [0.1, 0.15) is 16.1 Å². The Morgan fingerprint density at radius 3 is 2.75 bits per heavy atom. The number of carbonyl (C=O) groups is 1. The third-order valence-corrected chi connectivity index (χ3v) is 2.45. The lowest BCUT2D eigenvalue weighted by Crippen LogP contribution is -1.99. The summed E-state index contributed by atoms with van der Waals surface area (Å²) in [6.07, 6.45) is 0. The smallest absolute Gasteiger partial charge is 0.354 e. The zero-order chi connectivity index (χ0) is 11.7. The minimum absolute atomic E-state index is 0.0931. The van der Waals surface area contributed by atoms with Gasteiger partial charge in [0, 0.05) is 5.56 Å². The Labute approximate surface area is 97.0 Å². The summed E-state index contributed by atoms with van der Waals surface area (Å²) in [6.45, 7) is 1.95. The molecule has 82 valence electrons. The molecular weight excluding hydrogens is 224 g/mol. The highest BCUT2D eigenvalue weighted by Gasteiger charge is 2.14. The summed E-state index contributed by atoms with van der Waals surface area (Å²) in [5.74, 6) is -1.02. The number of aromatic amines is 2. The van der Waals surface area contributed by atoms with Crippen LogP contribution in [0.15, 0.2) is 24.3 Å². The normalized spacial score (nSPS) is 10.3. The summed E-state index contributed by atoms with van der Waals surface area (Å²) < 4.78 is 0.314. The van der Waals surface area contributed by atoms with Gasteiger partial charge >= 0.3 is 5.97 Å². The number of carboxylic acid groups (broad SMARTS) is 1. The fraction of sp³-hybridized carbons (Fsp3) is 0.0909. The van der Waals surface area contributed by atoms with Crippen LogP contribution in [-0.4, -0.2) is 21.0 Å². The van der Waals surface area contributed by atoms with Crippen molar-refractivity contribution in [3.05, 3.63) is 40.3 Å². The fourth-order valence-electron chi connectivity index (χ4n) is 1.56. The molecule has 0 saturated carbocycles. The summed E-state index contributed by atoms with van der Waals surface area (Å²) in [6, 6.07) is 7.57. The highest BCUT2D eigenvalue weighted by atomic mass is 32.1. The average Bonchev–Trinajstić information content (AvgIpc) is 2.60. The van der Waals surface area contributed by atoms with E-state index in [-0.39, 0.29) is 5.69 Å². The van der Waals surface area contributed by atoms with E-state index in [0.29, 0.717) is 10.5 Å². The number of aromatic nitrogens is 2. The predicted molar refractivity (Wildman–Crippen MR) is 63.1 cm³/mol. The molecule has 0 bridgehead atoms. The van der Waals surface area contributed by atoms with Gasteiger partial charge in [-0.2, -0.15) is 0 Å². The van der Waals surface area contributed by atoms with Crippen molar-refractivity contribution in [3.8, 4) is 11.3 Å². The van der Waals surface area contributed by atoms with Crippen molar-refractivity contribution in [2.45, 2.75) is 6.92 Å². The molecular formula is C11H10N2O2S. The fourth-order valence-corrected chi connectivity index (χ4v) is 1.76. The first kappa shape index (κ1) is 10.6. The third kappa shape index (κ3) is 1.90. The van der Waals surface area contributed by atoms with Crippen molar-refractivity contribution < 1.29 is 9.90 Å². The summed E-state index contributed by atoms with van der Waals surface area (Å²) in [5, 5.41) is 9.01. The van der Waals surface area contributed by atoms with Crippen LogP contribution < -0.4 is 0 Å². The quantitative estimate of drug-likeness (QED) is 0.700. The van der Waals surface area contributed by atoms with Crippen LogP contribution >= 0.6 is 12.2 Å². The molecule has 1 aromatic heterocycles. The lowest BCUT2D eigenvalue weighted by atomic mass is 10.1. The highest BCUT2D eigenvalue weighted by Crippen LogP contribution is 2.21. The van der Waals surface area contributed by atoms with Crippen LogP contribution in [0.4, 0.5) is 0 Å². The highest BCUT2D eigenvalue weighted by molar-refractivity contribution is 7.71. The van der Waals surface area contributed by atoms with Crippen LogP contribution in [0, 0.1) is 11.7 Å². The van der Waals surface area contributed by atoms with Crippen LogP contribution in [0.25, 0.3) is 11.3 Å². The molecule has 0 aliphatic rings. The monoisotopic (exact) mass is 234 g/mol. The van der Waals surface area contributed by atoms with Gasteiger partial charge in [0.1, 0.15) is 0 Å². The molecule has 2 rings (SSSR count). The van der Waals surface area contributed by atoms with Gasteiger partial charge in [-0.05, 0) is 25.2 Å². The maximum absolute atomic E-state index is 11.0. The summed E-state index contributed by atoms with van der Waals surface area (Å²) in [4.78, 5) is 16.5. The van der Waals surface area contributed by atoms with Gasteiger partial charge in [0.15, 0.2) is 10.5 Å². The number of H-pyrrole nitrogens is 2. The number of aryl methyl sites for hydroxylation is 1. The summed E-state index contributed by atoms with van der Waals surface area (Å²) in [5.41, 5.74) is 2.48. The molecule has 0 amide bonds. The van der Waals surface area contributed by atoms with E-state index in [2.05, 4.69) is 9.97 Å². The van der Waals surface area contributed by atoms with Gasteiger partial charge < -0.3 is 15.1 Å². The number of hydrogen-bond donors (Lipinski definition) is 3. The van der Waals surface area contributed by atoms with Crippen molar-refractivity contribution in [2.75, 3.05) is 0 Å². The number of benzene rings is 1. The van der Waals surface area contributed by atoms with Gasteiger partial charge in [-0.25, -0.2) is 4.79 Å². The summed E-state index contributed by atoms with van der Waals surface area (Å²) in [7, 11) is 0. The molecule has 0 unspecified atom stereocenters. The van der Waals surface area contributed by atoms with Crippen LogP contribution in [0.5, 0.6) is 0 Å². The van der Waals surface area contributed by atoms with Gasteiger partial charge in [0.05, 0.1) is 5.69 Å². The van der Waals surface area contributed by atoms with Gasteiger partial charge in [-0.15, -0.1) is 0 Å². The van der Waals surface area contributed by atoms with Gasteiger partial charge in [-0.1, -0.05) is 23.8 Å². The third-order valence-electron chi connectivity index (χ3n) is 2.25. The van der Waals surface area contributed by atoms with Crippen molar-refractivity contribution in [2.24, 2.45) is 0 Å². The van der Waals surface area contributed by atoms with E-state index < -0.39 is 5.97 Å². The Bertz CT molecular complexity index is 598. The van der Waals surface area contributed by atoms with E-state index in [4.69, 9.17) is 17.3 Å². The standard InChI is InChI=1S/C11H10N2O2S/c1-6-3-2-4-7(5-6)8-9(10(14)15)13-11(16)12-8/h2-5H,1H3,(H,14,15)(H2,12,13,16). The Morgan fingerprint density at radius 1 is 1.38 bits per heavy atom. The van der Waals surface area contributed by atoms with E-state index in [1.54, 1.807) is 0 Å². The number of aromatic carboxylic acids is 1. The second-order valence-corrected chi connectivity index (χ2v) is 3.91. The van der Waals surface area contributed by atoms with Gasteiger partial charge in [-0.3, -0.25) is 0 Å². The largest absolute Gasteiger partial charge is 0.477 e. The molecule has 5 heteroatoms. The Morgan fingerprint density at radius 2 is 2.12 bits per heavy atom. The zero-order valence-corrected chi connectivity index (χ0v) is 9.39. The van der Waals surface area contributed by atoms with Crippen molar-refractivity contribution in [1.29, 1.82) is 0 Å². The van der Waals surface area contributed by atoms with Gasteiger partial charge in [0.25, 0.3) is 0 Å². The molecule has 1 aromatic carbocycles. The molecule has 0 atom stereocenters. The van der Waals surface area contributed by atoms with Crippen LogP contribution in [0.2, 0.25) is 0 Å². The van der Waals surface area contributed by atoms with Gasteiger partial charge in [0.2, 0.25) is 0 Å². The van der Waals surface area contributed by atoms with Crippen molar-refractivity contribution in [1.82, 2.24) is 9.97 Å². The first-order valence-electron chi connectivity index (χ1n) is 4.70. The Hall–Kier alpha value is -1.88. The molecule has 16 heavy (non-hydrogen) atoms. The maximum Gasteiger partial charge on any atom is 0.354 e. The predicted octanol–water partition coefficient (Wildman–Crippen LogP) is 2.75. The number of hydrogen-bond acceptors (Lipinski definition) is 2. The molecule has 0 aliphatic heterocycles. The van der Waals surface area contributed by atoms with E-state index in [1.165, 1.54) is 0 Å². The first-order valence-corrected chi connectivity index (χ1v) is 5.11. The Balaban J connectivity index is 2.64. The van der Waals surface area contributed by atoms with Crippen molar-refractivity contribution >= 4 is 18.2 Å². The minimum atomic E-state index is -1.02. The lowest BCUT2D eigenvalue weighted by molar-refractivity contribution is 0.0692. The van der Waals surface area contributed by atoms with Crippen LogP contribution in [0.3, 0.4) is 0 Å². The van der Waals surface area contributed by atoms with E-state index in [1.807, 2.05) is 31.2 Å². The molecule has 0 aliphatic carbocycles. The second-order valence-electron chi connectivity index (χ2n) is 3.50. The minimum Gasteiger partial charge on any atom is -0.477 e. The van der Waals surface area contributed by atoms with Crippen LogP contribution in [-0.2, 0) is 0 Å². The molecule has 0 radical (unpaired) electrons. The molecule has 0 saturated heterocycles. The lowest BCUT2D eigenvalue weighted by Gasteiger charge is -2.01.